The van der Waals surface area contributed by atoms with Crippen LogP contribution in [0.4, 0.5) is 0 Å². The van der Waals surface area contributed by atoms with Gasteiger partial charge in [-0.25, -0.2) is 4.98 Å². The van der Waals surface area contributed by atoms with Crippen molar-refractivity contribution in [2.24, 2.45) is 0 Å². The van der Waals surface area contributed by atoms with Crippen LogP contribution in [0.25, 0.3) is 0 Å². The molecule has 0 bridgehead atoms. The van der Waals surface area contributed by atoms with Gasteiger partial charge in [-0.3, -0.25) is 0 Å². The first kappa shape index (κ1) is 33.0. The third-order valence-electron chi connectivity index (χ3n) is 5.99. The summed E-state index contributed by atoms with van der Waals surface area (Å²) in [5.41, 5.74) is 6.28. The van der Waals surface area contributed by atoms with Gasteiger partial charge in [0.2, 0.25) is 0 Å². The zero-order valence-corrected chi connectivity index (χ0v) is 25.3. The van der Waals surface area contributed by atoms with Crippen LogP contribution in [0.15, 0.2) is 48.7 Å². The van der Waals surface area contributed by atoms with E-state index in [0.717, 1.165) is 54.1 Å². The molecular formula is C32H45ClN2O3. The van der Waals surface area contributed by atoms with Crippen molar-refractivity contribution in [2.75, 3.05) is 21.3 Å². The number of benzene rings is 2. The smallest absolute Gasteiger partial charge is 0.129 e. The first-order valence-corrected chi connectivity index (χ1v) is 13.5. The molecule has 2 aromatic carbocycles. The predicted molar refractivity (Wildman–Crippen MR) is 161 cm³/mol. The fourth-order valence-electron chi connectivity index (χ4n) is 3.84. The summed E-state index contributed by atoms with van der Waals surface area (Å²) in [5, 5.41) is 7.84. The summed E-state index contributed by atoms with van der Waals surface area (Å²) in [7, 11) is 5.10. The van der Waals surface area contributed by atoms with E-state index in [4.69, 9.17) is 31.2 Å². The molecule has 0 aliphatic rings. The van der Waals surface area contributed by atoms with Gasteiger partial charge < -0.3 is 19.6 Å². The molecule has 0 aliphatic heterocycles. The molecule has 208 valence electrons. The van der Waals surface area contributed by atoms with Crippen LogP contribution in [0.3, 0.4) is 0 Å². The van der Waals surface area contributed by atoms with E-state index < -0.39 is 0 Å². The van der Waals surface area contributed by atoms with Crippen molar-refractivity contribution in [3.63, 3.8) is 0 Å². The molecule has 1 heterocycles. The summed E-state index contributed by atoms with van der Waals surface area (Å²) in [6.45, 7) is 12.4. The summed E-state index contributed by atoms with van der Waals surface area (Å²) in [4.78, 5) is 3.89. The maximum absolute atomic E-state index is 7.36. The number of halogens is 1. The number of pyridine rings is 1. The number of rotatable bonds is 9. The largest absolute Gasteiger partial charge is 0.497 e. The van der Waals surface area contributed by atoms with Crippen molar-refractivity contribution in [3.05, 3.63) is 81.6 Å². The molecule has 5 nitrogen and oxygen atoms in total. The quantitative estimate of drug-likeness (QED) is 0.217. The molecule has 0 spiro atoms. The van der Waals surface area contributed by atoms with E-state index in [1.807, 2.05) is 19.1 Å². The molecule has 0 saturated carbocycles. The van der Waals surface area contributed by atoms with Crippen molar-refractivity contribution in [3.8, 4) is 17.2 Å². The second kappa shape index (κ2) is 17.5. The lowest BCUT2D eigenvalue weighted by molar-refractivity contribution is 0.391. The molecule has 0 saturated heterocycles. The van der Waals surface area contributed by atoms with E-state index in [9.17, 15) is 0 Å². The number of aryl methyl sites for hydroxylation is 3. The highest BCUT2D eigenvalue weighted by Gasteiger charge is 2.06. The molecule has 1 N–H and O–H groups in total. The zero-order valence-electron chi connectivity index (χ0n) is 24.6. The lowest BCUT2D eigenvalue weighted by Gasteiger charge is -2.11. The Labute approximate surface area is 235 Å². The fourth-order valence-corrected chi connectivity index (χ4v) is 4.05. The highest BCUT2D eigenvalue weighted by molar-refractivity contribution is 6.29. The highest BCUT2D eigenvalue weighted by atomic mass is 35.5. The Morgan fingerprint density at radius 3 is 1.87 bits per heavy atom. The maximum atomic E-state index is 7.36. The summed E-state index contributed by atoms with van der Waals surface area (Å²) in [6.07, 6.45) is 6.06. The van der Waals surface area contributed by atoms with Crippen molar-refractivity contribution in [1.82, 2.24) is 4.98 Å². The van der Waals surface area contributed by atoms with Crippen molar-refractivity contribution in [2.45, 2.75) is 73.1 Å². The van der Waals surface area contributed by atoms with Crippen molar-refractivity contribution < 1.29 is 14.2 Å². The minimum atomic E-state index is 0.479. The second-order valence-corrected chi connectivity index (χ2v) is 9.74. The van der Waals surface area contributed by atoms with Crippen LogP contribution in [-0.2, 0) is 12.8 Å². The molecule has 6 heteroatoms. The fraction of sp³-hybridized carbons (Fsp3) is 0.438. The third kappa shape index (κ3) is 10.7. The molecule has 3 rings (SSSR count). The maximum Gasteiger partial charge on any atom is 0.129 e. The number of aromatic nitrogens is 1. The van der Waals surface area contributed by atoms with Crippen LogP contribution in [0.2, 0.25) is 5.15 Å². The van der Waals surface area contributed by atoms with E-state index in [2.05, 4.69) is 56.9 Å². The number of methoxy groups -OCH3 is 3. The van der Waals surface area contributed by atoms with Crippen LogP contribution >= 0.6 is 11.6 Å². The zero-order chi connectivity index (χ0) is 28.7. The van der Waals surface area contributed by atoms with E-state index in [0.29, 0.717) is 16.8 Å². The highest BCUT2D eigenvalue weighted by Crippen LogP contribution is 2.26. The molecule has 0 aliphatic carbocycles. The molecule has 0 radical (unpaired) electrons. The Morgan fingerprint density at radius 2 is 1.42 bits per heavy atom. The van der Waals surface area contributed by atoms with Crippen LogP contribution in [-0.4, -0.2) is 32.0 Å². The minimum Gasteiger partial charge on any atom is -0.497 e. The van der Waals surface area contributed by atoms with Crippen LogP contribution in [0.1, 0.15) is 81.2 Å². The first-order valence-electron chi connectivity index (χ1n) is 13.2. The van der Waals surface area contributed by atoms with Gasteiger partial charge in [-0.05, 0) is 73.1 Å². The lowest BCUT2D eigenvalue weighted by Crippen LogP contribution is -1.96. The Balaban J connectivity index is 0.000000287. The van der Waals surface area contributed by atoms with E-state index in [1.165, 1.54) is 16.7 Å². The molecule has 38 heavy (non-hydrogen) atoms. The van der Waals surface area contributed by atoms with Gasteiger partial charge in [0.15, 0.2) is 0 Å². The summed E-state index contributed by atoms with van der Waals surface area (Å²) in [5.74, 6) is 3.37. The Bertz CT molecular complexity index is 1150. The van der Waals surface area contributed by atoms with Crippen molar-refractivity contribution >= 4 is 17.3 Å². The third-order valence-corrected chi connectivity index (χ3v) is 6.20. The summed E-state index contributed by atoms with van der Waals surface area (Å²) < 4.78 is 15.8. The summed E-state index contributed by atoms with van der Waals surface area (Å²) >= 11 is 5.64. The van der Waals surface area contributed by atoms with Gasteiger partial charge in [-0.1, -0.05) is 70.3 Å². The van der Waals surface area contributed by atoms with Gasteiger partial charge in [0.05, 0.1) is 21.3 Å². The number of hydrogen-bond acceptors (Lipinski definition) is 5. The molecule has 1 aromatic heterocycles. The molecule has 3 aromatic rings. The van der Waals surface area contributed by atoms with E-state index >= 15 is 0 Å². The van der Waals surface area contributed by atoms with Gasteiger partial charge in [0.1, 0.15) is 22.4 Å². The van der Waals surface area contributed by atoms with Gasteiger partial charge >= 0.3 is 0 Å². The number of nitrogens with one attached hydrogen (secondary N) is 1. The van der Waals surface area contributed by atoms with Crippen LogP contribution in [0.5, 0.6) is 17.2 Å². The number of ether oxygens (including phenoxy) is 3. The monoisotopic (exact) mass is 540 g/mol. The normalized spacial score (nSPS) is 10.1. The van der Waals surface area contributed by atoms with Crippen LogP contribution in [0, 0.1) is 12.3 Å². The topological polar surface area (TPSA) is 64.4 Å². The number of hydrogen-bond donors (Lipinski definition) is 1. The SMILES string of the molecule is CC(=N)c1cnc(Cl)cc1C.CCCc1ccc(C(C)C)cc1OC.CCCc1ccc(OC)cc1OC. The molecule has 0 atom stereocenters. The van der Waals surface area contributed by atoms with Gasteiger partial charge in [-0.15, -0.1) is 0 Å². The predicted octanol–water partition coefficient (Wildman–Crippen LogP) is 8.86. The Morgan fingerprint density at radius 1 is 0.868 bits per heavy atom. The van der Waals surface area contributed by atoms with Gasteiger partial charge in [0.25, 0.3) is 0 Å². The average Bonchev–Trinajstić information content (AvgIpc) is 2.90. The molecule has 0 fully saturated rings. The Kier molecular flexibility index (Phi) is 15.2. The molecule has 0 unspecified atom stereocenters. The Hall–Kier alpha value is -3.05. The van der Waals surface area contributed by atoms with Gasteiger partial charge in [-0.2, -0.15) is 0 Å². The van der Waals surface area contributed by atoms with Crippen molar-refractivity contribution in [1.29, 1.82) is 5.41 Å². The lowest BCUT2D eigenvalue weighted by atomic mass is 9.99. The molecule has 0 amide bonds. The summed E-state index contributed by atoms with van der Waals surface area (Å²) in [6, 6.07) is 14.3. The van der Waals surface area contributed by atoms with E-state index in [1.54, 1.807) is 40.5 Å². The van der Waals surface area contributed by atoms with E-state index in [-0.39, 0.29) is 0 Å². The van der Waals surface area contributed by atoms with Gasteiger partial charge in [0, 0.05) is 23.5 Å². The molecular weight excluding hydrogens is 496 g/mol. The average molecular weight is 541 g/mol. The van der Waals surface area contributed by atoms with Crippen LogP contribution < -0.4 is 14.2 Å². The standard InChI is InChI=1S/C13H20O.C11H16O2.C8H9ClN2/c1-5-6-11-7-8-12(10(2)3)9-13(11)14-4;1-4-5-9-6-7-10(12-2)8-11(9)13-3;1-5-3-8(9)11-4-7(5)6(2)10/h7-10H,5-6H2,1-4H3;6-8H,4-5H2,1-3H3;3-4,10H,1-2H3. The minimum absolute atomic E-state index is 0.479. The first-order chi connectivity index (χ1) is 18.1. The second-order valence-electron chi connectivity index (χ2n) is 9.35. The number of nitrogens with zero attached hydrogens (tertiary/aromatic N) is 1.